The molecule has 2 heterocycles. The van der Waals surface area contributed by atoms with Gasteiger partial charge in [0, 0.05) is 32.2 Å². The Morgan fingerprint density at radius 2 is 2.07 bits per heavy atom. The molecule has 0 amide bonds. The standard InChI is InChI=1S/C11H23N3/c1-10-8-13(2)4-3-5-14(10)9-11-6-12-7-11/h10-12H,3-9H2,1-2H3. The zero-order valence-electron chi connectivity index (χ0n) is 9.50. The number of nitrogens with zero attached hydrogens (tertiary/aromatic N) is 2. The van der Waals surface area contributed by atoms with E-state index in [9.17, 15) is 0 Å². The zero-order chi connectivity index (χ0) is 9.97. The summed E-state index contributed by atoms with van der Waals surface area (Å²) in [4.78, 5) is 5.14. The molecule has 2 aliphatic heterocycles. The first-order valence-corrected chi connectivity index (χ1v) is 5.89. The molecule has 1 atom stereocenters. The molecule has 2 fully saturated rings. The Kier molecular flexibility index (Phi) is 3.42. The number of nitrogens with one attached hydrogen (secondary N) is 1. The van der Waals surface area contributed by atoms with Crippen molar-refractivity contribution in [2.75, 3.05) is 46.3 Å². The van der Waals surface area contributed by atoms with Gasteiger partial charge in [0.15, 0.2) is 0 Å². The maximum absolute atomic E-state index is 3.35. The Balaban J connectivity index is 1.82. The molecule has 3 nitrogen and oxygen atoms in total. The van der Waals surface area contributed by atoms with Crippen LogP contribution in [0.5, 0.6) is 0 Å². The first kappa shape index (κ1) is 10.4. The summed E-state index contributed by atoms with van der Waals surface area (Å²) in [6.07, 6.45) is 1.33. The Labute approximate surface area is 87.4 Å². The summed E-state index contributed by atoms with van der Waals surface area (Å²) in [6, 6.07) is 0.739. The van der Waals surface area contributed by atoms with Crippen molar-refractivity contribution in [3.63, 3.8) is 0 Å². The minimum atomic E-state index is 0.739. The van der Waals surface area contributed by atoms with Crippen LogP contribution >= 0.6 is 0 Å². The molecule has 3 heteroatoms. The molecule has 0 spiro atoms. The zero-order valence-corrected chi connectivity index (χ0v) is 9.50. The van der Waals surface area contributed by atoms with Gasteiger partial charge in [-0.05, 0) is 39.4 Å². The van der Waals surface area contributed by atoms with Gasteiger partial charge in [0.1, 0.15) is 0 Å². The lowest BCUT2D eigenvalue weighted by molar-refractivity contribution is 0.150. The fraction of sp³-hybridized carbons (Fsp3) is 1.00. The molecular weight excluding hydrogens is 174 g/mol. The number of hydrogen-bond donors (Lipinski definition) is 1. The largest absolute Gasteiger partial charge is 0.316 e. The lowest BCUT2D eigenvalue weighted by Gasteiger charge is -2.35. The van der Waals surface area contributed by atoms with Crippen molar-refractivity contribution >= 4 is 0 Å². The Hall–Kier alpha value is -0.120. The van der Waals surface area contributed by atoms with E-state index in [0.717, 1.165) is 12.0 Å². The van der Waals surface area contributed by atoms with Crippen LogP contribution in [0.3, 0.4) is 0 Å². The summed E-state index contributed by atoms with van der Waals surface area (Å²) in [5, 5.41) is 3.35. The second-order valence-corrected chi connectivity index (χ2v) is 4.98. The predicted molar refractivity (Wildman–Crippen MR) is 59.5 cm³/mol. The highest BCUT2D eigenvalue weighted by Crippen LogP contribution is 2.13. The molecule has 1 unspecified atom stereocenters. The molecule has 0 aromatic rings. The van der Waals surface area contributed by atoms with Crippen molar-refractivity contribution in [2.45, 2.75) is 19.4 Å². The molecule has 0 aliphatic carbocycles. The molecule has 0 aromatic heterocycles. The van der Waals surface area contributed by atoms with E-state index in [0.29, 0.717) is 0 Å². The summed E-state index contributed by atoms with van der Waals surface area (Å²) in [5.74, 6) is 0.917. The summed E-state index contributed by atoms with van der Waals surface area (Å²) >= 11 is 0. The summed E-state index contributed by atoms with van der Waals surface area (Å²) in [7, 11) is 2.24. The third-order valence-electron chi connectivity index (χ3n) is 3.54. The molecule has 2 saturated heterocycles. The smallest absolute Gasteiger partial charge is 0.0194 e. The van der Waals surface area contributed by atoms with Gasteiger partial charge >= 0.3 is 0 Å². The molecule has 0 saturated carbocycles. The van der Waals surface area contributed by atoms with Crippen LogP contribution in [0.15, 0.2) is 0 Å². The average molecular weight is 197 g/mol. The third kappa shape index (κ3) is 2.47. The monoisotopic (exact) mass is 197 g/mol. The first-order chi connectivity index (χ1) is 6.75. The molecule has 0 radical (unpaired) electrons. The van der Waals surface area contributed by atoms with Crippen LogP contribution in [0.1, 0.15) is 13.3 Å². The second kappa shape index (κ2) is 4.60. The van der Waals surface area contributed by atoms with Crippen LogP contribution in [0.4, 0.5) is 0 Å². The molecule has 82 valence electrons. The maximum Gasteiger partial charge on any atom is 0.0194 e. The van der Waals surface area contributed by atoms with Crippen molar-refractivity contribution in [1.82, 2.24) is 15.1 Å². The van der Waals surface area contributed by atoms with Crippen LogP contribution in [-0.4, -0.2) is 62.2 Å². The normalized spacial score (nSPS) is 32.6. The Morgan fingerprint density at radius 3 is 2.71 bits per heavy atom. The number of hydrogen-bond acceptors (Lipinski definition) is 3. The molecule has 14 heavy (non-hydrogen) atoms. The van der Waals surface area contributed by atoms with E-state index < -0.39 is 0 Å². The number of rotatable bonds is 2. The molecule has 1 N–H and O–H groups in total. The number of likely N-dealkylation sites (N-methyl/N-ethyl adjacent to an activating group) is 1. The van der Waals surface area contributed by atoms with E-state index in [2.05, 4.69) is 29.1 Å². The van der Waals surface area contributed by atoms with Gasteiger partial charge in [-0.3, -0.25) is 4.90 Å². The fourth-order valence-electron chi connectivity index (χ4n) is 2.50. The summed E-state index contributed by atoms with van der Waals surface area (Å²) in [5.41, 5.74) is 0. The Morgan fingerprint density at radius 1 is 1.29 bits per heavy atom. The van der Waals surface area contributed by atoms with E-state index in [1.54, 1.807) is 0 Å². The highest BCUT2D eigenvalue weighted by Gasteiger charge is 2.25. The predicted octanol–water partition coefficient (Wildman–Crippen LogP) is 0.232. The highest BCUT2D eigenvalue weighted by molar-refractivity contribution is 4.82. The van der Waals surface area contributed by atoms with Gasteiger partial charge in [-0.15, -0.1) is 0 Å². The second-order valence-electron chi connectivity index (χ2n) is 4.98. The van der Waals surface area contributed by atoms with Gasteiger partial charge in [0.2, 0.25) is 0 Å². The van der Waals surface area contributed by atoms with E-state index in [1.807, 2.05) is 0 Å². The van der Waals surface area contributed by atoms with E-state index in [4.69, 9.17) is 0 Å². The maximum atomic E-state index is 3.35. The van der Waals surface area contributed by atoms with Crippen molar-refractivity contribution in [3.8, 4) is 0 Å². The van der Waals surface area contributed by atoms with Gasteiger partial charge in [-0.25, -0.2) is 0 Å². The summed E-state index contributed by atoms with van der Waals surface area (Å²) < 4.78 is 0. The average Bonchev–Trinajstić information content (AvgIpc) is 2.20. The fourth-order valence-corrected chi connectivity index (χ4v) is 2.50. The molecule has 0 bridgehead atoms. The van der Waals surface area contributed by atoms with Crippen LogP contribution < -0.4 is 5.32 Å². The molecule has 0 aromatic carbocycles. The molecular formula is C11H23N3. The van der Waals surface area contributed by atoms with E-state index >= 15 is 0 Å². The van der Waals surface area contributed by atoms with Crippen molar-refractivity contribution in [2.24, 2.45) is 5.92 Å². The van der Waals surface area contributed by atoms with E-state index in [1.165, 1.54) is 45.7 Å². The van der Waals surface area contributed by atoms with Crippen LogP contribution in [-0.2, 0) is 0 Å². The Bertz CT molecular complexity index is 179. The third-order valence-corrected chi connectivity index (χ3v) is 3.54. The van der Waals surface area contributed by atoms with Crippen LogP contribution in [0.25, 0.3) is 0 Å². The quantitative estimate of drug-likeness (QED) is 0.684. The van der Waals surface area contributed by atoms with Crippen molar-refractivity contribution in [3.05, 3.63) is 0 Å². The lowest BCUT2D eigenvalue weighted by atomic mass is 10.0. The van der Waals surface area contributed by atoms with Gasteiger partial charge in [0.25, 0.3) is 0 Å². The van der Waals surface area contributed by atoms with Gasteiger partial charge in [-0.2, -0.15) is 0 Å². The lowest BCUT2D eigenvalue weighted by Crippen LogP contribution is -2.50. The van der Waals surface area contributed by atoms with Crippen LogP contribution in [0, 0.1) is 5.92 Å². The minimum absolute atomic E-state index is 0.739. The van der Waals surface area contributed by atoms with Gasteiger partial charge < -0.3 is 10.2 Å². The SMILES string of the molecule is CC1CN(C)CCCN1CC1CNC1. The van der Waals surface area contributed by atoms with Gasteiger partial charge in [0.05, 0.1) is 0 Å². The van der Waals surface area contributed by atoms with E-state index in [-0.39, 0.29) is 0 Å². The van der Waals surface area contributed by atoms with Crippen LogP contribution in [0.2, 0.25) is 0 Å². The van der Waals surface area contributed by atoms with Gasteiger partial charge in [-0.1, -0.05) is 0 Å². The minimum Gasteiger partial charge on any atom is -0.316 e. The molecule has 2 rings (SSSR count). The summed E-state index contributed by atoms with van der Waals surface area (Å²) in [6.45, 7) is 9.94. The van der Waals surface area contributed by atoms with Crippen molar-refractivity contribution < 1.29 is 0 Å². The highest BCUT2D eigenvalue weighted by atomic mass is 15.2. The molecule has 2 aliphatic rings. The topological polar surface area (TPSA) is 18.5 Å². The first-order valence-electron chi connectivity index (χ1n) is 5.89. The van der Waals surface area contributed by atoms with Crippen molar-refractivity contribution in [1.29, 1.82) is 0 Å².